The first kappa shape index (κ1) is 12.7. The highest BCUT2D eigenvalue weighted by Gasteiger charge is 2.51. The number of rotatable bonds is 0. The monoisotopic (exact) mass is 246 g/mol. The molecule has 1 aliphatic heterocycles. The van der Waals surface area contributed by atoms with Gasteiger partial charge >= 0.3 is 18.4 Å². The van der Waals surface area contributed by atoms with Gasteiger partial charge in [0.15, 0.2) is 11.7 Å². The van der Waals surface area contributed by atoms with Crippen LogP contribution in [0.4, 0.5) is 31.1 Å². The van der Waals surface area contributed by atoms with Crippen LogP contribution < -0.4 is 10.6 Å². The molecule has 0 saturated carbocycles. The smallest absolute Gasteiger partial charge is 0.244 e. The van der Waals surface area contributed by atoms with Gasteiger partial charge in [0.05, 0.1) is 0 Å². The van der Waals surface area contributed by atoms with Crippen molar-refractivity contribution in [2.75, 3.05) is 0 Å². The van der Waals surface area contributed by atoms with Crippen molar-refractivity contribution >= 4 is 6.03 Å². The minimum Gasteiger partial charge on any atom is -0.244 e. The molecule has 16 heavy (non-hydrogen) atoms. The van der Waals surface area contributed by atoms with E-state index in [1.165, 1.54) is 0 Å². The Morgan fingerprint density at radius 3 is 2.00 bits per heavy atom. The second-order valence-corrected chi connectivity index (χ2v) is 3.00. The van der Waals surface area contributed by atoms with Gasteiger partial charge in [-0.2, -0.15) is 31.7 Å². The molecule has 1 heterocycles. The molecule has 0 bridgehead atoms. The van der Waals surface area contributed by atoms with E-state index >= 15 is 0 Å². The number of urea groups is 1. The van der Waals surface area contributed by atoms with Crippen molar-refractivity contribution in [1.29, 1.82) is 0 Å². The summed E-state index contributed by atoms with van der Waals surface area (Å²) in [6.45, 7) is 0.598. The number of alkyl halides is 6. The van der Waals surface area contributed by atoms with Crippen LogP contribution in [-0.2, 0) is 0 Å². The molecule has 1 unspecified atom stereocenters. The molecule has 0 aliphatic carbocycles. The zero-order valence-electron chi connectivity index (χ0n) is 7.65. The van der Waals surface area contributed by atoms with Gasteiger partial charge in [-0.25, -0.2) is 10.1 Å². The Balaban J connectivity index is 3.20. The van der Waals surface area contributed by atoms with Gasteiger partial charge in [-0.3, -0.25) is 0 Å². The van der Waals surface area contributed by atoms with E-state index in [0.717, 1.165) is 0 Å². The summed E-state index contributed by atoms with van der Waals surface area (Å²) in [6, 6.07) is -4.55. The number of carbonyl (C=O) groups excluding carboxylic acids is 1. The fourth-order valence-electron chi connectivity index (χ4n) is 1.16. The molecule has 0 spiro atoms. The fourth-order valence-corrected chi connectivity index (χ4v) is 1.16. The predicted molar refractivity (Wildman–Crippen MR) is 38.3 cm³/mol. The Morgan fingerprint density at radius 1 is 1.12 bits per heavy atom. The summed E-state index contributed by atoms with van der Waals surface area (Å²) in [4.78, 5) is 10.6. The standard InChI is InChI=1S/C7H4F6N2O/c1-2-3(6(8,9)10)14-5(16)15-4(2)7(11,12)13/h3H,1H3. The Morgan fingerprint density at radius 2 is 1.62 bits per heavy atom. The van der Waals surface area contributed by atoms with Crippen molar-refractivity contribution in [3.8, 4) is 0 Å². The summed E-state index contributed by atoms with van der Waals surface area (Å²) in [5.74, 6) is 0. The summed E-state index contributed by atoms with van der Waals surface area (Å²) < 4.78 is 73.4. The van der Waals surface area contributed by atoms with Crippen LogP contribution in [-0.4, -0.2) is 24.4 Å². The molecule has 3 nitrogen and oxygen atoms in total. The molecule has 0 aromatic heterocycles. The van der Waals surface area contributed by atoms with Gasteiger partial charge in [-0.15, -0.1) is 0 Å². The minimum absolute atomic E-state index is 0.598. The average molecular weight is 246 g/mol. The summed E-state index contributed by atoms with van der Waals surface area (Å²) in [6.07, 6.45) is -10.1. The lowest BCUT2D eigenvalue weighted by molar-refractivity contribution is -0.149. The quantitative estimate of drug-likeness (QED) is 0.603. The second-order valence-electron chi connectivity index (χ2n) is 3.00. The van der Waals surface area contributed by atoms with E-state index in [2.05, 4.69) is 10.6 Å². The fraction of sp³-hybridized carbons (Fsp3) is 0.571. The highest BCUT2D eigenvalue weighted by atomic mass is 19.4. The molecule has 1 aliphatic rings. The summed E-state index contributed by atoms with van der Waals surface area (Å²) in [5, 5.41) is 4.96. The Labute approximate surface area is 85.5 Å². The van der Waals surface area contributed by atoms with Crippen molar-refractivity contribution in [1.82, 2.24) is 10.6 Å². The van der Waals surface area contributed by atoms with Crippen LogP contribution in [0.1, 0.15) is 6.92 Å². The lowest BCUT2D eigenvalue weighted by Crippen LogP contribution is -2.49. The maximum absolute atomic E-state index is 12.2. The number of amides is 2. The van der Waals surface area contributed by atoms with Crippen LogP contribution in [0, 0.1) is 0 Å². The number of nitrogens with zero attached hydrogens (tertiary/aromatic N) is 2. The van der Waals surface area contributed by atoms with Crippen LogP contribution in [0.25, 0.3) is 0 Å². The van der Waals surface area contributed by atoms with E-state index in [4.69, 9.17) is 0 Å². The molecule has 0 N–H and O–H groups in total. The molecule has 9 heteroatoms. The van der Waals surface area contributed by atoms with Crippen molar-refractivity contribution in [2.24, 2.45) is 0 Å². The lowest BCUT2D eigenvalue weighted by Gasteiger charge is -2.27. The Kier molecular flexibility index (Phi) is 2.82. The van der Waals surface area contributed by atoms with E-state index in [1.54, 1.807) is 0 Å². The third-order valence-electron chi connectivity index (χ3n) is 1.81. The van der Waals surface area contributed by atoms with Gasteiger partial charge in [-0.05, 0) is 12.5 Å². The SMILES string of the molecule is CC1=C(C(F)(F)F)[N]C(=O)[N]C1C(F)(F)F. The van der Waals surface area contributed by atoms with Gasteiger partial charge in [-0.1, -0.05) is 0 Å². The molecule has 0 saturated heterocycles. The normalized spacial score (nSPS) is 22.9. The third-order valence-corrected chi connectivity index (χ3v) is 1.81. The van der Waals surface area contributed by atoms with Crippen molar-refractivity contribution in [3.63, 3.8) is 0 Å². The predicted octanol–water partition coefficient (Wildman–Crippen LogP) is 2.10. The molecule has 1 atom stereocenters. The van der Waals surface area contributed by atoms with Crippen molar-refractivity contribution in [3.05, 3.63) is 11.3 Å². The van der Waals surface area contributed by atoms with Crippen molar-refractivity contribution in [2.45, 2.75) is 25.3 Å². The zero-order chi connectivity index (χ0) is 12.7. The molecule has 1 rings (SSSR count). The number of allylic oxidation sites excluding steroid dienone is 1. The van der Waals surface area contributed by atoms with Crippen molar-refractivity contribution < 1.29 is 31.1 Å². The van der Waals surface area contributed by atoms with E-state index in [-0.39, 0.29) is 0 Å². The summed E-state index contributed by atoms with van der Waals surface area (Å²) in [5.41, 5.74) is -2.95. The van der Waals surface area contributed by atoms with Crippen LogP contribution in [0.3, 0.4) is 0 Å². The first-order valence-electron chi connectivity index (χ1n) is 3.84. The van der Waals surface area contributed by atoms with Crippen LogP contribution in [0.5, 0.6) is 0 Å². The van der Waals surface area contributed by atoms with Gasteiger partial charge in [0, 0.05) is 0 Å². The van der Waals surface area contributed by atoms with Gasteiger partial charge in [0.1, 0.15) is 0 Å². The molecular weight excluding hydrogens is 242 g/mol. The average Bonchev–Trinajstić information content (AvgIpc) is 2.04. The topological polar surface area (TPSA) is 45.3 Å². The highest BCUT2D eigenvalue weighted by molar-refractivity contribution is 5.78. The Hall–Kier alpha value is -1.41. The van der Waals surface area contributed by atoms with E-state index in [1.807, 2.05) is 0 Å². The maximum atomic E-state index is 12.2. The molecular formula is C7H4F6N2O. The Bertz CT molecular complexity index is 342. The third kappa shape index (κ3) is 2.39. The first-order valence-corrected chi connectivity index (χ1v) is 3.84. The van der Waals surface area contributed by atoms with Crippen LogP contribution in [0.15, 0.2) is 11.3 Å². The summed E-state index contributed by atoms with van der Waals surface area (Å²) in [7, 11) is 0. The highest BCUT2D eigenvalue weighted by Crippen LogP contribution is 2.35. The van der Waals surface area contributed by atoms with Crippen LogP contribution in [0.2, 0.25) is 0 Å². The largest absolute Gasteiger partial charge is 0.433 e. The van der Waals surface area contributed by atoms with Gasteiger partial charge < -0.3 is 0 Å². The molecule has 90 valence electrons. The number of hydrogen-bond donors (Lipinski definition) is 0. The van der Waals surface area contributed by atoms with E-state index in [9.17, 15) is 31.1 Å². The maximum Gasteiger partial charge on any atom is 0.433 e. The minimum atomic E-state index is -5.10. The van der Waals surface area contributed by atoms with Crippen LogP contribution >= 0.6 is 0 Å². The molecule has 0 aromatic carbocycles. The van der Waals surface area contributed by atoms with Gasteiger partial charge in [0.2, 0.25) is 0 Å². The van der Waals surface area contributed by atoms with Gasteiger partial charge in [0.25, 0.3) is 0 Å². The van der Waals surface area contributed by atoms with E-state index in [0.29, 0.717) is 6.92 Å². The molecule has 2 radical (unpaired) electrons. The zero-order valence-corrected chi connectivity index (χ0v) is 7.65. The molecule has 2 amide bonds. The first-order chi connectivity index (χ1) is 7.03. The number of halogens is 6. The number of carbonyl (C=O) groups is 1. The number of hydrogen-bond acceptors (Lipinski definition) is 1. The molecule has 0 aromatic rings. The second kappa shape index (κ2) is 3.56. The van der Waals surface area contributed by atoms with E-state index < -0.39 is 35.7 Å². The summed E-state index contributed by atoms with van der Waals surface area (Å²) >= 11 is 0. The molecule has 0 fully saturated rings. The lowest BCUT2D eigenvalue weighted by atomic mass is 10.0.